The molecule has 0 atom stereocenters. The van der Waals surface area contributed by atoms with Crippen LogP contribution in [0, 0.1) is 0 Å². The molecule has 0 bridgehead atoms. The molecule has 0 radical (unpaired) electrons. The SMILES string of the molecule is CC(=O)CC(=O)Nc1sccc1C(C)=O. The molecular weight excluding hydrogens is 214 g/mol. The normalized spacial score (nSPS) is 9.73. The number of Topliss-reactive ketones (excluding diaryl/α,β-unsaturated/α-hetero) is 2. The van der Waals surface area contributed by atoms with E-state index in [1.165, 1.54) is 25.2 Å². The van der Waals surface area contributed by atoms with Crippen molar-refractivity contribution < 1.29 is 14.4 Å². The third kappa shape index (κ3) is 3.28. The Bertz CT molecular complexity index is 409. The highest BCUT2D eigenvalue weighted by atomic mass is 32.1. The van der Waals surface area contributed by atoms with E-state index in [0.29, 0.717) is 10.6 Å². The number of hydrogen-bond donors (Lipinski definition) is 1. The lowest BCUT2D eigenvalue weighted by atomic mass is 10.2. The minimum Gasteiger partial charge on any atom is -0.317 e. The second kappa shape index (κ2) is 4.84. The van der Waals surface area contributed by atoms with E-state index in [2.05, 4.69) is 5.32 Å². The van der Waals surface area contributed by atoms with Crippen LogP contribution in [0.15, 0.2) is 11.4 Å². The number of hydrogen-bond acceptors (Lipinski definition) is 4. The molecule has 0 fully saturated rings. The van der Waals surface area contributed by atoms with Crippen LogP contribution in [0.2, 0.25) is 0 Å². The molecule has 0 aliphatic heterocycles. The van der Waals surface area contributed by atoms with Crippen LogP contribution in [-0.2, 0) is 9.59 Å². The van der Waals surface area contributed by atoms with E-state index in [-0.39, 0.29) is 23.9 Å². The fourth-order valence-corrected chi connectivity index (χ4v) is 1.93. The number of carbonyl (C=O) groups is 3. The van der Waals surface area contributed by atoms with Gasteiger partial charge in [-0.05, 0) is 25.3 Å². The van der Waals surface area contributed by atoms with Crippen LogP contribution in [0.4, 0.5) is 5.00 Å². The van der Waals surface area contributed by atoms with Gasteiger partial charge >= 0.3 is 0 Å². The Morgan fingerprint density at radius 3 is 2.53 bits per heavy atom. The van der Waals surface area contributed by atoms with Gasteiger partial charge in [0.25, 0.3) is 0 Å². The maximum Gasteiger partial charge on any atom is 0.232 e. The van der Waals surface area contributed by atoms with Gasteiger partial charge in [-0.1, -0.05) is 0 Å². The van der Waals surface area contributed by atoms with Crippen molar-refractivity contribution in [1.82, 2.24) is 0 Å². The lowest BCUT2D eigenvalue weighted by Crippen LogP contribution is -2.15. The molecule has 1 amide bonds. The standard InChI is InChI=1S/C10H11NO3S/c1-6(12)5-9(14)11-10-8(7(2)13)3-4-15-10/h3-4H,5H2,1-2H3,(H,11,14). The summed E-state index contributed by atoms with van der Waals surface area (Å²) in [7, 11) is 0. The summed E-state index contributed by atoms with van der Waals surface area (Å²) in [5, 5.41) is 4.77. The first-order chi connectivity index (χ1) is 7.00. The molecule has 1 aromatic heterocycles. The molecule has 1 N–H and O–H groups in total. The molecule has 80 valence electrons. The second-order valence-electron chi connectivity index (χ2n) is 3.15. The predicted molar refractivity (Wildman–Crippen MR) is 58.3 cm³/mol. The van der Waals surface area contributed by atoms with Gasteiger partial charge in [0, 0.05) is 0 Å². The lowest BCUT2D eigenvalue weighted by molar-refractivity contribution is -0.124. The molecule has 0 aromatic carbocycles. The zero-order chi connectivity index (χ0) is 11.4. The number of amides is 1. The van der Waals surface area contributed by atoms with E-state index in [1.807, 2.05) is 0 Å². The molecule has 0 unspecified atom stereocenters. The number of rotatable bonds is 4. The zero-order valence-corrected chi connectivity index (χ0v) is 9.31. The van der Waals surface area contributed by atoms with Gasteiger partial charge in [0.05, 0.1) is 12.0 Å². The molecule has 1 aromatic rings. The zero-order valence-electron chi connectivity index (χ0n) is 8.49. The van der Waals surface area contributed by atoms with Crippen molar-refractivity contribution >= 4 is 33.8 Å². The van der Waals surface area contributed by atoms with Crippen molar-refractivity contribution in [3.8, 4) is 0 Å². The van der Waals surface area contributed by atoms with Gasteiger partial charge in [0.15, 0.2) is 5.78 Å². The first-order valence-corrected chi connectivity index (χ1v) is 5.26. The summed E-state index contributed by atoms with van der Waals surface area (Å²) in [4.78, 5) is 33.1. The molecule has 15 heavy (non-hydrogen) atoms. The smallest absolute Gasteiger partial charge is 0.232 e. The summed E-state index contributed by atoms with van der Waals surface area (Å²) < 4.78 is 0. The van der Waals surface area contributed by atoms with Gasteiger partial charge in [-0.25, -0.2) is 0 Å². The predicted octanol–water partition coefficient (Wildman–Crippen LogP) is 1.87. The van der Waals surface area contributed by atoms with Crippen LogP contribution in [0.3, 0.4) is 0 Å². The van der Waals surface area contributed by atoms with E-state index in [1.54, 1.807) is 11.4 Å². The molecule has 1 heterocycles. The Balaban J connectivity index is 2.72. The lowest BCUT2D eigenvalue weighted by Gasteiger charge is -2.02. The fraction of sp³-hybridized carbons (Fsp3) is 0.300. The molecule has 0 aliphatic rings. The van der Waals surface area contributed by atoms with Crippen molar-refractivity contribution in [2.24, 2.45) is 0 Å². The number of carbonyl (C=O) groups excluding carboxylic acids is 3. The summed E-state index contributed by atoms with van der Waals surface area (Å²) in [6.07, 6.45) is -0.157. The third-order valence-corrected chi connectivity index (χ3v) is 2.54. The van der Waals surface area contributed by atoms with E-state index in [9.17, 15) is 14.4 Å². The fourth-order valence-electron chi connectivity index (χ4n) is 1.08. The highest BCUT2D eigenvalue weighted by Crippen LogP contribution is 2.23. The summed E-state index contributed by atoms with van der Waals surface area (Å²) in [6.45, 7) is 2.78. The first-order valence-electron chi connectivity index (χ1n) is 4.38. The van der Waals surface area contributed by atoms with Crippen LogP contribution in [0.25, 0.3) is 0 Å². The van der Waals surface area contributed by atoms with E-state index in [0.717, 1.165) is 0 Å². The van der Waals surface area contributed by atoms with Crippen LogP contribution in [-0.4, -0.2) is 17.5 Å². The summed E-state index contributed by atoms with van der Waals surface area (Å²) in [5.41, 5.74) is 0.483. The highest BCUT2D eigenvalue weighted by Gasteiger charge is 2.12. The Morgan fingerprint density at radius 2 is 2.00 bits per heavy atom. The maximum absolute atomic E-state index is 11.3. The minimum atomic E-state index is -0.382. The molecule has 0 saturated heterocycles. The maximum atomic E-state index is 11.3. The molecule has 4 nitrogen and oxygen atoms in total. The number of nitrogens with one attached hydrogen (secondary N) is 1. The second-order valence-corrected chi connectivity index (χ2v) is 4.06. The monoisotopic (exact) mass is 225 g/mol. The van der Waals surface area contributed by atoms with Crippen molar-refractivity contribution in [1.29, 1.82) is 0 Å². The Hall–Kier alpha value is -1.49. The van der Waals surface area contributed by atoms with Crippen LogP contribution < -0.4 is 5.32 Å². The number of thiophene rings is 1. The van der Waals surface area contributed by atoms with Crippen LogP contribution in [0.5, 0.6) is 0 Å². The van der Waals surface area contributed by atoms with Crippen LogP contribution >= 0.6 is 11.3 Å². The topological polar surface area (TPSA) is 63.2 Å². The Labute approximate surface area is 91.3 Å². The molecule has 5 heteroatoms. The van der Waals surface area contributed by atoms with Crippen LogP contribution in [0.1, 0.15) is 30.6 Å². The van der Waals surface area contributed by atoms with Crippen molar-refractivity contribution in [3.05, 3.63) is 17.0 Å². The van der Waals surface area contributed by atoms with Gasteiger partial charge in [0.1, 0.15) is 10.8 Å². The molecular formula is C10H11NO3S. The third-order valence-electron chi connectivity index (χ3n) is 1.71. The van der Waals surface area contributed by atoms with Crippen molar-refractivity contribution in [2.75, 3.05) is 5.32 Å². The van der Waals surface area contributed by atoms with Gasteiger partial charge in [0.2, 0.25) is 5.91 Å². The average Bonchev–Trinajstić information content (AvgIpc) is 2.50. The first kappa shape index (κ1) is 11.6. The average molecular weight is 225 g/mol. The van der Waals surface area contributed by atoms with E-state index < -0.39 is 0 Å². The summed E-state index contributed by atoms with van der Waals surface area (Å²) in [5.74, 6) is -0.685. The molecule has 0 aliphatic carbocycles. The van der Waals surface area contributed by atoms with Crippen molar-refractivity contribution in [3.63, 3.8) is 0 Å². The minimum absolute atomic E-state index is 0.102. The van der Waals surface area contributed by atoms with E-state index in [4.69, 9.17) is 0 Å². The molecule has 0 saturated carbocycles. The number of anilines is 1. The van der Waals surface area contributed by atoms with Gasteiger partial charge in [-0.15, -0.1) is 11.3 Å². The van der Waals surface area contributed by atoms with Gasteiger partial charge < -0.3 is 5.32 Å². The Kier molecular flexibility index (Phi) is 3.74. The van der Waals surface area contributed by atoms with Gasteiger partial charge in [-0.3, -0.25) is 14.4 Å². The van der Waals surface area contributed by atoms with E-state index >= 15 is 0 Å². The number of ketones is 2. The van der Waals surface area contributed by atoms with Gasteiger partial charge in [-0.2, -0.15) is 0 Å². The Morgan fingerprint density at radius 1 is 1.33 bits per heavy atom. The molecule has 0 spiro atoms. The van der Waals surface area contributed by atoms with Crippen molar-refractivity contribution in [2.45, 2.75) is 20.3 Å². The summed E-state index contributed by atoms with van der Waals surface area (Å²) in [6, 6.07) is 1.65. The quantitative estimate of drug-likeness (QED) is 0.628. The largest absolute Gasteiger partial charge is 0.317 e. The summed E-state index contributed by atoms with van der Waals surface area (Å²) >= 11 is 1.27. The molecule has 1 rings (SSSR count). The highest BCUT2D eigenvalue weighted by molar-refractivity contribution is 7.14.